The Hall–Kier alpha value is -4.78. The molecule has 0 radical (unpaired) electrons. The van der Waals surface area contributed by atoms with E-state index in [0.717, 1.165) is 36.6 Å². The third kappa shape index (κ3) is 5.64. The maximum Gasteiger partial charge on any atom is 0.416 e. The molecule has 40 heavy (non-hydrogen) atoms. The largest absolute Gasteiger partial charge is 0.416 e. The molecule has 0 spiro atoms. The van der Waals surface area contributed by atoms with Crippen LogP contribution in [-0.4, -0.2) is 55.8 Å². The van der Waals surface area contributed by atoms with Crippen LogP contribution in [-0.2, 0) is 17.5 Å². The summed E-state index contributed by atoms with van der Waals surface area (Å²) in [6.07, 6.45) is 0.205. The number of fused-ring (bicyclic) bond motifs is 1. The molecule has 6 rings (SSSR count). The number of rotatable bonds is 7. The van der Waals surface area contributed by atoms with E-state index >= 15 is 0 Å². The lowest BCUT2D eigenvalue weighted by Gasteiger charge is -2.28. The van der Waals surface area contributed by atoms with E-state index in [1.54, 1.807) is 23.2 Å². The Bertz CT molecular complexity index is 1580. The van der Waals surface area contributed by atoms with Crippen LogP contribution in [0, 0.1) is 0 Å². The Morgan fingerprint density at radius 3 is 2.35 bits per heavy atom. The van der Waals surface area contributed by atoms with Crippen LogP contribution in [0.5, 0.6) is 0 Å². The SMILES string of the molecule is FC(F)(F)c1ccc(Cn2cnc3c(Nc4ccc(N5CCOCC5)cc4)nc(Nc4ccncn4)nc32)cc1. The van der Waals surface area contributed by atoms with Crippen molar-refractivity contribution in [2.45, 2.75) is 12.7 Å². The summed E-state index contributed by atoms with van der Waals surface area (Å²) in [6, 6.07) is 14.7. The molecule has 2 aromatic carbocycles. The van der Waals surface area contributed by atoms with E-state index in [0.29, 0.717) is 41.6 Å². The second kappa shape index (κ2) is 10.8. The van der Waals surface area contributed by atoms with Gasteiger partial charge in [-0.05, 0) is 48.0 Å². The zero-order chi connectivity index (χ0) is 27.5. The third-order valence-corrected chi connectivity index (χ3v) is 6.43. The lowest BCUT2D eigenvalue weighted by molar-refractivity contribution is -0.137. The highest BCUT2D eigenvalue weighted by molar-refractivity contribution is 5.87. The number of nitrogens with one attached hydrogen (secondary N) is 2. The van der Waals surface area contributed by atoms with Crippen LogP contribution >= 0.6 is 0 Å². The Kier molecular flexibility index (Phi) is 6.86. The van der Waals surface area contributed by atoms with Gasteiger partial charge in [-0.2, -0.15) is 23.1 Å². The normalized spacial score (nSPS) is 13.9. The molecule has 13 heteroatoms. The molecule has 0 amide bonds. The zero-order valence-corrected chi connectivity index (χ0v) is 21.1. The number of morpholine rings is 1. The first kappa shape index (κ1) is 25.5. The number of hydrogen-bond donors (Lipinski definition) is 2. The molecule has 0 saturated carbocycles. The van der Waals surface area contributed by atoms with Gasteiger partial charge in [0.2, 0.25) is 5.95 Å². The molecule has 0 aliphatic carbocycles. The van der Waals surface area contributed by atoms with Gasteiger partial charge in [-0.25, -0.2) is 15.0 Å². The average molecular weight is 548 g/mol. The smallest absolute Gasteiger partial charge is 0.378 e. The molecule has 0 atom stereocenters. The minimum absolute atomic E-state index is 0.270. The number of alkyl halides is 3. The molecule has 1 saturated heterocycles. The summed E-state index contributed by atoms with van der Waals surface area (Å²) < 4.78 is 46.2. The number of aromatic nitrogens is 6. The molecular weight excluding hydrogens is 523 g/mol. The molecule has 5 aromatic rings. The quantitative estimate of drug-likeness (QED) is 0.291. The number of nitrogens with zero attached hydrogens (tertiary/aromatic N) is 7. The molecular formula is C27H24F3N9O. The van der Waals surface area contributed by atoms with Crippen LogP contribution in [0.2, 0.25) is 0 Å². The van der Waals surface area contributed by atoms with Gasteiger partial charge in [-0.1, -0.05) is 12.1 Å². The molecule has 204 valence electrons. The fraction of sp³-hybridized carbons (Fsp3) is 0.222. The number of imidazole rings is 1. The van der Waals surface area contributed by atoms with Crippen molar-refractivity contribution in [2.75, 3.05) is 41.8 Å². The van der Waals surface area contributed by atoms with Gasteiger partial charge in [-0.3, -0.25) is 0 Å². The fourth-order valence-electron chi connectivity index (χ4n) is 4.39. The first-order valence-corrected chi connectivity index (χ1v) is 12.5. The molecule has 0 bridgehead atoms. The highest BCUT2D eigenvalue weighted by Gasteiger charge is 2.30. The zero-order valence-electron chi connectivity index (χ0n) is 21.1. The average Bonchev–Trinajstić information content (AvgIpc) is 3.37. The summed E-state index contributed by atoms with van der Waals surface area (Å²) in [5, 5.41) is 6.42. The molecule has 2 N–H and O–H groups in total. The number of anilines is 5. The van der Waals surface area contributed by atoms with Crippen molar-refractivity contribution in [3.63, 3.8) is 0 Å². The molecule has 3 aromatic heterocycles. The lowest BCUT2D eigenvalue weighted by Crippen LogP contribution is -2.36. The van der Waals surface area contributed by atoms with Gasteiger partial charge in [0.05, 0.1) is 31.6 Å². The van der Waals surface area contributed by atoms with E-state index in [-0.39, 0.29) is 12.5 Å². The Balaban J connectivity index is 1.31. The number of ether oxygens (including phenoxy) is 1. The van der Waals surface area contributed by atoms with Crippen LogP contribution in [0.15, 0.2) is 73.4 Å². The Labute approximate surface area is 226 Å². The first-order chi connectivity index (χ1) is 19.4. The predicted molar refractivity (Wildman–Crippen MR) is 144 cm³/mol. The summed E-state index contributed by atoms with van der Waals surface area (Å²) in [5.74, 6) is 1.24. The van der Waals surface area contributed by atoms with Crippen molar-refractivity contribution in [3.8, 4) is 0 Å². The summed E-state index contributed by atoms with van der Waals surface area (Å²) in [7, 11) is 0. The standard InChI is InChI=1S/C27H24F3N9O/c28-27(29,30)19-3-1-18(2-4-19)15-39-17-33-23-24(36-26(37-25(23)39)35-22-9-10-31-16-32-22)34-20-5-7-21(8-6-20)38-11-13-40-14-12-38/h1-10,16-17H,11-15H2,(H2,31,32,34,35,36,37). The van der Waals surface area contributed by atoms with Crippen LogP contribution in [0.25, 0.3) is 11.2 Å². The van der Waals surface area contributed by atoms with E-state index in [2.05, 4.69) is 40.5 Å². The van der Waals surface area contributed by atoms with Gasteiger partial charge in [0, 0.05) is 30.7 Å². The summed E-state index contributed by atoms with van der Waals surface area (Å²) >= 11 is 0. The van der Waals surface area contributed by atoms with Crippen LogP contribution in [0.3, 0.4) is 0 Å². The van der Waals surface area contributed by atoms with Crippen molar-refractivity contribution in [1.82, 2.24) is 29.5 Å². The second-order valence-electron chi connectivity index (χ2n) is 9.13. The fourth-order valence-corrected chi connectivity index (χ4v) is 4.39. The van der Waals surface area contributed by atoms with E-state index in [9.17, 15) is 13.2 Å². The monoisotopic (exact) mass is 547 g/mol. The van der Waals surface area contributed by atoms with E-state index < -0.39 is 11.7 Å². The summed E-state index contributed by atoms with van der Waals surface area (Å²) in [6.45, 7) is 3.36. The second-order valence-corrected chi connectivity index (χ2v) is 9.13. The molecule has 0 unspecified atom stereocenters. The van der Waals surface area contributed by atoms with Crippen LogP contribution in [0.1, 0.15) is 11.1 Å². The van der Waals surface area contributed by atoms with Gasteiger partial charge in [0.15, 0.2) is 17.0 Å². The molecule has 4 heterocycles. The minimum Gasteiger partial charge on any atom is -0.378 e. The highest BCUT2D eigenvalue weighted by Crippen LogP contribution is 2.30. The van der Waals surface area contributed by atoms with Crippen LogP contribution in [0.4, 0.5) is 42.1 Å². The van der Waals surface area contributed by atoms with Crippen molar-refractivity contribution in [3.05, 3.63) is 84.6 Å². The maximum absolute atomic E-state index is 13.0. The first-order valence-electron chi connectivity index (χ1n) is 12.5. The highest BCUT2D eigenvalue weighted by atomic mass is 19.4. The van der Waals surface area contributed by atoms with E-state index in [1.165, 1.54) is 18.5 Å². The summed E-state index contributed by atoms with van der Waals surface area (Å²) in [4.78, 5) is 24.2. The van der Waals surface area contributed by atoms with E-state index in [4.69, 9.17) is 4.74 Å². The molecule has 1 aliphatic heterocycles. The minimum atomic E-state index is -4.39. The van der Waals surface area contributed by atoms with Gasteiger partial charge in [0.25, 0.3) is 0 Å². The third-order valence-electron chi connectivity index (χ3n) is 6.43. The topological polar surface area (TPSA) is 106 Å². The number of halogens is 3. The van der Waals surface area contributed by atoms with Gasteiger partial charge < -0.3 is 24.8 Å². The van der Waals surface area contributed by atoms with Gasteiger partial charge >= 0.3 is 6.18 Å². The maximum atomic E-state index is 13.0. The lowest BCUT2D eigenvalue weighted by atomic mass is 10.1. The molecule has 1 fully saturated rings. The van der Waals surface area contributed by atoms with E-state index in [1.807, 2.05) is 24.3 Å². The van der Waals surface area contributed by atoms with Crippen molar-refractivity contribution >= 4 is 40.1 Å². The molecule has 10 nitrogen and oxygen atoms in total. The van der Waals surface area contributed by atoms with Crippen molar-refractivity contribution in [2.24, 2.45) is 0 Å². The van der Waals surface area contributed by atoms with Gasteiger partial charge in [0.1, 0.15) is 12.1 Å². The van der Waals surface area contributed by atoms with Crippen molar-refractivity contribution in [1.29, 1.82) is 0 Å². The van der Waals surface area contributed by atoms with Crippen molar-refractivity contribution < 1.29 is 17.9 Å². The van der Waals surface area contributed by atoms with Gasteiger partial charge in [-0.15, -0.1) is 0 Å². The Morgan fingerprint density at radius 2 is 1.65 bits per heavy atom. The summed E-state index contributed by atoms with van der Waals surface area (Å²) in [5.41, 5.74) is 2.90. The number of hydrogen-bond acceptors (Lipinski definition) is 9. The predicted octanol–water partition coefficient (Wildman–Crippen LogP) is 5.01. The Morgan fingerprint density at radius 1 is 0.875 bits per heavy atom. The number of benzene rings is 2. The molecule has 1 aliphatic rings. The van der Waals surface area contributed by atoms with Crippen LogP contribution < -0.4 is 15.5 Å².